The molecule has 1 aliphatic heterocycles. The lowest BCUT2D eigenvalue weighted by Gasteiger charge is -2.17. The van der Waals surface area contributed by atoms with Crippen LogP contribution < -0.4 is 0 Å². The molecule has 1 rings (SSSR count). The smallest absolute Gasteiger partial charge is 0.337 e. The van der Waals surface area contributed by atoms with Crippen LogP contribution in [0.15, 0.2) is 0 Å². The molecule has 0 bridgehead atoms. The van der Waals surface area contributed by atoms with Gasteiger partial charge in [0.1, 0.15) is 11.9 Å². The van der Waals surface area contributed by atoms with Crippen molar-refractivity contribution in [3.63, 3.8) is 0 Å². The standard InChI is InChI=1S/C10H19O6P/c1-10(2)15-6-9(16-10)5-8(11)7-17(12,13-3)14-4/h9H,5-7H2,1-4H3/t9-/m0/s1. The fourth-order valence-corrected chi connectivity index (χ4v) is 2.57. The average molecular weight is 266 g/mol. The quantitative estimate of drug-likeness (QED) is 0.680. The summed E-state index contributed by atoms with van der Waals surface area (Å²) in [5, 5.41) is 0. The van der Waals surface area contributed by atoms with Crippen molar-refractivity contribution in [1.82, 2.24) is 0 Å². The summed E-state index contributed by atoms with van der Waals surface area (Å²) in [5.41, 5.74) is 0. The van der Waals surface area contributed by atoms with Gasteiger partial charge < -0.3 is 18.5 Å². The molecule has 100 valence electrons. The molecule has 1 heterocycles. The van der Waals surface area contributed by atoms with Crippen molar-refractivity contribution in [2.24, 2.45) is 0 Å². The van der Waals surface area contributed by atoms with E-state index in [4.69, 9.17) is 18.5 Å². The van der Waals surface area contributed by atoms with E-state index in [9.17, 15) is 9.36 Å². The van der Waals surface area contributed by atoms with E-state index in [-0.39, 0.29) is 24.5 Å². The molecule has 0 N–H and O–H groups in total. The Morgan fingerprint density at radius 2 is 2.00 bits per heavy atom. The van der Waals surface area contributed by atoms with E-state index >= 15 is 0 Å². The number of ketones is 1. The van der Waals surface area contributed by atoms with Gasteiger partial charge in [-0.15, -0.1) is 0 Å². The Bertz CT molecular complexity index is 319. The third-order valence-electron chi connectivity index (χ3n) is 2.45. The Hall–Kier alpha value is -0.260. The Morgan fingerprint density at radius 3 is 2.41 bits per heavy atom. The van der Waals surface area contributed by atoms with Crippen molar-refractivity contribution in [1.29, 1.82) is 0 Å². The van der Waals surface area contributed by atoms with Gasteiger partial charge in [-0.05, 0) is 13.8 Å². The molecule has 1 aliphatic rings. The highest BCUT2D eigenvalue weighted by Crippen LogP contribution is 2.46. The van der Waals surface area contributed by atoms with E-state index in [2.05, 4.69) is 0 Å². The second kappa shape index (κ2) is 5.59. The van der Waals surface area contributed by atoms with E-state index in [1.165, 1.54) is 14.2 Å². The van der Waals surface area contributed by atoms with Gasteiger partial charge in [-0.2, -0.15) is 0 Å². The van der Waals surface area contributed by atoms with Gasteiger partial charge in [-0.25, -0.2) is 0 Å². The molecule has 0 radical (unpaired) electrons. The molecule has 0 amide bonds. The molecule has 7 heteroatoms. The molecule has 1 saturated heterocycles. The first-order chi connectivity index (χ1) is 7.80. The molecule has 0 aromatic heterocycles. The molecule has 1 atom stereocenters. The monoisotopic (exact) mass is 266 g/mol. The van der Waals surface area contributed by atoms with Gasteiger partial charge in [0.25, 0.3) is 0 Å². The minimum absolute atomic E-state index is 0.153. The second-order valence-electron chi connectivity index (χ2n) is 4.33. The summed E-state index contributed by atoms with van der Waals surface area (Å²) in [7, 11) is -0.753. The van der Waals surface area contributed by atoms with Crippen LogP contribution in [-0.2, 0) is 27.9 Å². The summed E-state index contributed by atoms with van der Waals surface area (Å²) < 4.78 is 31.9. The third-order valence-corrected chi connectivity index (χ3v) is 4.30. The molecular formula is C10H19O6P. The molecule has 0 aromatic rings. The summed E-state index contributed by atoms with van der Waals surface area (Å²) in [6, 6.07) is 0. The summed E-state index contributed by atoms with van der Waals surface area (Å²) in [6.07, 6.45) is -0.375. The van der Waals surface area contributed by atoms with Crippen LogP contribution >= 0.6 is 7.60 Å². The van der Waals surface area contributed by atoms with E-state index in [1.807, 2.05) is 0 Å². The Labute approximate surface area is 101 Å². The molecule has 1 fully saturated rings. The van der Waals surface area contributed by atoms with Gasteiger partial charge in [0.05, 0.1) is 12.7 Å². The van der Waals surface area contributed by atoms with Crippen molar-refractivity contribution >= 4 is 13.4 Å². The number of rotatable bonds is 6. The zero-order valence-electron chi connectivity index (χ0n) is 10.6. The number of carbonyl (C=O) groups excluding carboxylic acids is 1. The van der Waals surface area contributed by atoms with Crippen LogP contribution in [0.5, 0.6) is 0 Å². The summed E-state index contributed by atoms with van der Waals surface area (Å²) in [5.74, 6) is -0.875. The SMILES string of the molecule is COP(=O)(CC(=O)C[C@H]1COC(C)(C)O1)OC. The van der Waals surface area contributed by atoms with Gasteiger partial charge in [0.15, 0.2) is 5.79 Å². The third kappa shape index (κ3) is 4.48. The molecule has 0 saturated carbocycles. The Kier molecular flexibility index (Phi) is 4.86. The maximum Gasteiger partial charge on any atom is 0.337 e. The van der Waals surface area contributed by atoms with Crippen LogP contribution in [0.2, 0.25) is 0 Å². The van der Waals surface area contributed by atoms with Crippen molar-refractivity contribution < 1.29 is 27.9 Å². The van der Waals surface area contributed by atoms with Gasteiger partial charge in [-0.1, -0.05) is 0 Å². The fourth-order valence-electron chi connectivity index (χ4n) is 1.60. The maximum atomic E-state index is 11.7. The van der Waals surface area contributed by atoms with Crippen LogP contribution in [-0.4, -0.2) is 44.7 Å². The highest BCUT2D eigenvalue weighted by molar-refractivity contribution is 7.54. The van der Waals surface area contributed by atoms with Gasteiger partial charge in [0.2, 0.25) is 0 Å². The van der Waals surface area contributed by atoms with Crippen LogP contribution in [0.3, 0.4) is 0 Å². The molecule has 0 spiro atoms. The number of carbonyl (C=O) groups is 1. The van der Waals surface area contributed by atoms with Crippen LogP contribution in [0.4, 0.5) is 0 Å². The summed E-state index contributed by atoms with van der Waals surface area (Å²) in [6.45, 7) is 3.93. The second-order valence-corrected chi connectivity index (χ2v) is 6.60. The molecule has 0 unspecified atom stereocenters. The molecule has 0 aliphatic carbocycles. The van der Waals surface area contributed by atoms with Crippen molar-refractivity contribution in [2.45, 2.75) is 32.2 Å². The van der Waals surface area contributed by atoms with Crippen molar-refractivity contribution in [2.75, 3.05) is 27.0 Å². The summed E-state index contributed by atoms with van der Waals surface area (Å²) in [4.78, 5) is 11.7. The first-order valence-electron chi connectivity index (χ1n) is 5.34. The maximum absolute atomic E-state index is 11.7. The largest absolute Gasteiger partial charge is 0.348 e. The zero-order valence-corrected chi connectivity index (χ0v) is 11.5. The van der Waals surface area contributed by atoms with Crippen LogP contribution in [0.25, 0.3) is 0 Å². The lowest BCUT2D eigenvalue weighted by Crippen LogP contribution is -2.23. The van der Waals surface area contributed by atoms with E-state index < -0.39 is 13.4 Å². The molecule has 17 heavy (non-hydrogen) atoms. The zero-order chi connectivity index (χ0) is 13.1. The Morgan fingerprint density at radius 1 is 1.41 bits per heavy atom. The highest BCUT2D eigenvalue weighted by Gasteiger charge is 2.35. The average Bonchev–Trinajstić information content (AvgIpc) is 2.57. The highest BCUT2D eigenvalue weighted by atomic mass is 31.2. The van der Waals surface area contributed by atoms with Crippen molar-refractivity contribution in [3.8, 4) is 0 Å². The van der Waals surface area contributed by atoms with E-state index in [0.29, 0.717) is 6.61 Å². The Balaban J connectivity index is 2.43. The summed E-state index contributed by atoms with van der Waals surface area (Å²) >= 11 is 0. The number of hydrogen-bond acceptors (Lipinski definition) is 6. The topological polar surface area (TPSA) is 71.1 Å². The molecular weight excluding hydrogens is 247 g/mol. The first kappa shape index (κ1) is 14.8. The predicted molar refractivity (Wildman–Crippen MR) is 61.0 cm³/mol. The fraction of sp³-hybridized carbons (Fsp3) is 0.900. The predicted octanol–water partition coefficient (Wildman–Crippen LogP) is 1.58. The van der Waals surface area contributed by atoms with E-state index in [0.717, 1.165) is 0 Å². The molecule has 6 nitrogen and oxygen atoms in total. The van der Waals surface area contributed by atoms with E-state index in [1.54, 1.807) is 13.8 Å². The minimum atomic E-state index is -3.27. The first-order valence-corrected chi connectivity index (χ1v) is 7.07. The van der Waals surface area contributed by atoms with Gasteiger partial charge in [-0.3, -0.25) is 9.36 Å². The van der Waals surface area contributed by atoms with Gasteiger partial charge >= 0.3 is 7.60 Å². The number of hydrogen-bond donors (Lipinski definition) is 0. The number of ether oxygens (including phenoxy) is 2. The lowest BCUT2D eigenvalue weighted by atomic mass is 10.2. The lowest BCUT2D eigenvalue weighted by molar-refractivity contribution is -0.141. The molecule has 0 aromatic carbocycles. The normalized spacial score (nSPS) is 23.9. The minimum Gasteiger partial charge on any atom is -0.348 e. The van der Waals surface area contributed by atoms with Crippen LogP contribution in [0.1, 0.15) is 20.3 Å². The number of Topliss-reactive ketones (excluding diaryl/α,β-unsaturated/α-hetero) is 1. The van der Waals surface area contributed by atoms with Gasteiger partial charge in [0, 0.05) is 20.6 Å². The van der Waals surface area contributed by atoms with Crippen LogP contribution in [0, 0.1) is 0 Å². The van der Waals surface area contributed by atoms with Crippen molar-refractivity contribution in [3.05, 3.63) is 0 Å².